The summed E-state index contributed by atoms with van der Waals surface area (Å²) in [5, 5.41) is 3.51. The highest BCUT2D eigenvalue weighted by atomic mass is 127. The van der Waals surface area contributed by atoms with Crippen molar-refractivity contribution in [1.29, 1.82) is 0 Å². The number of hydrogen-bond donors (Lipinski definition) is 1. The van der Waals surface area contributed by atoms with Gasteiger partial charge in [0.1, 0.15) is 11.4 Å². The molecule has 1 atom stereocenters. The van der Waals surface area contributed by atoms with Crippen LogP contribution in [0.4, 0.5) is 11.4 Å². The summed E-state index contributed by atoms with van der Waals surface area (Å²) < 4.78 is 7.52. The van der Waals surface area contributed by atoms with E-state index in [0.29, 0.717) is 0 Å². The van der Waals surface area contributed by atoms with Gasteiger partial charge < -0.3 is 10.1 Å². The molecule has 1 unspecified atom stereocenters. The van der Waals surface area contributed by atoms with E-state index in [1.54, 1.807) is 0 Å². The third-order valence-corrected chi connectivity index (χ3v) is 5.46. The Morgan fingerprint density at radius 3 is 2.73 bits per heavy atom. The fourth-order valence-corrected chi connectivity index (χ4v) is 3.87. The van der Waals surface area contributed by atoms with Gasteiger partial charge in [-0.3, -0.25) is 0 Å². The van der Waals surface area contributed by atoms with E-state index in [4.69, 9.17) is 4.74 Å². The van der Waals surface area contributed by atoms with Gasteiger partial charge in [0, 0.05) is 14.8 Å². The van der Waals surface area contributed by atoms with E-state index < -0.39 is 0 Å². The second kappa shape index (κ2) is 7.87. The molecule has 0 bridgehead atoms. The quantitative estimate of drug-likeness (QED) is 0.376. The molecule has 0 amide bonds. The normalized spacial score (nSPS) is 18.0. The molecule has 1 aliphatic rings. The van der Waals surface area contributed by atoms with Crippen LogP contribution in [0.15, 0.2) is 54.1 Å². The van der Waals surface area contributed by atoms with Crippen LogP contribution in [-0.4, -0.2) is 5.60 Å². The number of allylic oxidation sites excluding steroid dienone is 2. The lowest BCUT2D eigenvalue weighted by Crippen LogP contribution is -2.31. The molecular weight excluding hydrogens is 433 g/mol. The number of halogens is 1. The third kappa shape index (κ3) is 4.70. The van der Waals surface area contributed by atoms with Crippen LogP contribution in [0.3, 0.4) is 0 Å². The molecule has 26 heavy (non-hydrogen) atoms. The van der Waals surface area contributed by atoms with E-state index >= 15 is 0 Å². The lowest BCUT2D eigenvalue weighted by Gasteiger charge is -2.31. The topological polar surface area (TPSA) is 21.3 Å². The second-order valence-electron chi connectivity index (χ2n) is 7.43. The minimum absolute atomic E-state index is 0.236. The van der Waals surface area contributed by atoms with Crippen molar-refractivity contribution in [2.75, 3.05) is 5.32 Å². The standard InChI is InChI=1S/C23H26INO/c1-16(2)6-5-12-23(4)13-11-18-15-19(8-10-22(18)26-23)25-21-9-7-17(3)14-20(21)24/h6-11,13-15,25H,5,12H2,1-4H3. The second-order valence-corrected chi connectivity index (χ2v) is 8.59. The largest absolute Gasteiger partial charge is 0.483 e. The molecule has 0 spiro atoms. The zero-order chi connectivity index (χ0) is 18.7. The number of fused-ring (bicyclic) bond motifs is 1. The SMILES string of the molecule is CC(C)=CCCC1(C)C=Cc2cc(Nc3ccc(C)cc3I)ccc2O1. The molecular formula is C23H26INO. The first kappa shape index (κ1) is 19.0. The highest BCUT2D eigenvalue weighted by molar-refractivity contribution is 14.1. The number of rotatable bonds is 5. The first-order chi connectivity index (χ1) is 12.3. The summed E-state index contributed by atoms with van der Waals surface area (Å²) in [6.45, 7) is 8.55. The Morgan fingerprint density at radius 1 is 1.19 bits per heavy atom. The van der Waals surface area contributed by atoms with Crippen molar-refractivity contribution >= 4 is 40.0 Å². The van der Waals surface area contributed by atoms with Gasteiger partial charge in [0.05, 0.1) is 5.69 Å². The summed E-state index contributed by atoms with van der Waals surface area (Å²) >= 11 is 2.37. The van der Waals surface area contributed by atoms with Crippen molar-refractivity contribution in [1.82, 2.24) is 0 Å². The van der Waals surface area contributed by atoms with E-state index in [1.807, 2.05) is 0 Å². The maximum absolute atomic E-state index is 6.30. The van der Waals surface area contributed by atoms with Crippen LogP contribution in [0.1, 0.15) is 44.7 Å². The fourth-order valence-electron chi connectivity index (χ4n) is 3.06. The molecule has 3 rings (SSSR count). The Morgan fingerprint density at radius 2 is 2.00 bits per heavy atom. The minimum atomic E-state index is -0.236. The van der Waals surface area contributed by atoms with Crippen molar-refractivity contribution in [2.24, 2.45) is 0 Å². The van der Waals surface area contributed by atoms with Gasteiger partial charge in [0.15, 0.2) is 0 Å². The predicted molar refractivity (Wildman–Crippen MR) is 120 cm³/mol. The minimum Gasteiger partial charge on any atom is -0.483 e. The number of benzene rings is 2. The zero-order valence-electron chi connectivity index (χ0n) is 15.9. The number of hydrogen-bond acceptors (Lipinski definition) is 2. The monoisotopic (exact) mass is 459 g/mol. The van der Waals surface area contributed by atoms with Gasteiger partial charge in [0.25, 0.3) is 0 Å². The Bertz CT molecular complexity index is 865. The Labute approximate surface area is 170 Å². The molecule has 1 heterocycles. The molecule has 0 radical (unpaired) electrons. The van der Waals surface area contributed by atoms with Gasteiger partial charge in [-0.25, -0.2) is 0 Å². The number of nitrogens with one attached hydrogen (secondary N) is 1. The molecule has 0 saturated heterocycles. The van der Waals surface area contributed by atoms with Crippen molar-refractivity contribution in [3.05, 3.63) is 68.8 Å². The third-order valence-electron chi connectivity index (χ3n) is 4.57. The average Bonchev–Trinajstić information content (AvgIpc) is 2.57. The summed E-state index contributed by atoms with van der Waals surface area (Å²) in [6, 6.07) is 12.7. The smallest absolute Gasteiger partial charge is 0.127 e. The van der Waals surface area contributed by atoms with Crippen LogP contribution in [0.25, 0.3) is 6.08 Å². The summed E-state index contributed by atoms with van der Waals surface area (Å²) in [6.07, 6.45) is 8.66. The van der Waals surface area contributed by atoms with Crippen LogP contribution in [0.2, 0.25) is 0 Å². The van der Waals surface area contributed by atoms with Crippen LogP contribution in [-0.2, 0) is 0 Å². The summed E-state index contributed by atoms with van der Waals surface area (Å²) in [7, 11) is 0. The van der Waals surface area contributed by atoms with Crippen molar-refractivity contribution in [3.8, 4) is 5.75 Å². The fraction of sp³-hybridized carbons (Fsp3) is 0.304. The lowest BCUT2D eigenvalue weighted by atomic mass is 9.94. The van der Waals surface area contributed by atoms with Crippen LogP contribution < -0.4 is 10.1 Å². The van der Waals surface area contributed by atoms with Gasteiger partial charge in [-0.1, -0.05) is 23.8 Å². The molecule has 0 aliphatic carbocycles. The first-order valence-corrected chi connectivity index (χ1v) is 10.1. The molecule has 2 nitrogen and oxygen atoms in total. The predicted octanol–water partition coefficient (Wildman–Crippen LogP) is 7.25. The number of ether oxygens (including phenoxy) is 1. The van der Waals surface area contributed by atoms with Gasteiger partial charge in [0.2, 0.25) is 0 Å². The Hall–Kier alpha value is -1.75. The van der Waals surface area contributed by atoms with E-state index in [-0.39, 0.29) is 5.60 Å². The van der Waals surface area contributed by atoms with Crippen molar-refractivity contribution in [2.45, 2.75) is 46.1 Å². The van der Waals surface area contributed by atoms with Gasteiger partial charge in [-0.2, -0.15) is 0 Å². The zero-order valence-corrected chi connectivity index (χ0v) is 18.1. The molecule has 136 valence electrons. The molecule has 1 aliphatic heterocycles. The maximum Gasteiger partial charge on any atom is 0.127 e. The van der Waals surface area contributed by atoms with Crippen molar-refractivity contribution < 1.29 is 4.74 Å². The molecule has 0 saturated carbocycles. The first-order valence-electron chi connectivity index (χ1n) is 9.03. The molecule has 0 fully saturated rings. The summed E-state index contributed by atoms with van der Waals surface area (Å²) in [5.74, 6) is 0.955. The number of aryl methyl sites for hydroxylation is 1. The average molecular weight is 459 g/mol. The lowest BCUT2D eigenvalue weighted by molar-refractivity contribution is 0.129. The van der Waals surface area contributed by atoms with Gasteiger partial charge in [-0.15, -0.1) is 0 Å². The maximum atomic E-state index is 6.30. The van der Waals surface area contributed by atoms with Crippen molar-refractivity contribution in [3.63, 3.8) is 0 Å². The molecule has 2 aromatic rings. The highest BCUT2D eigenvalue weighted by Gasteiger charge is 2.26. The Kier molecular flexibility index (Phi) is 5.76. The molecule has 3 heteroatoms. The van der Waals surface area contributed by atoms with Gasteiger partial charge >= 0.3 is 0 Å². The van der Waals surface area contributed by atoms with E-state index in [9.17, 15) is 0 Å². The highest BCUT2D eigenvalue weighted by Crippen LogP contribution is 2.36. The Balaban J connectivity index is 1.74. The van der Waals surface area contributed by atoms with Crippen LogP contribution in [0, 0.1) is 10.5 Å². The molecule has 0 aromatic heterocycles. The number of anilines is 2. The van der Waals surface area contributed by atoms with E-state index in [1.165, 1.54) is 14.7 Å². The molecule has 2 aromatic carbocycles. The van der Waals surface area contributed by atoms with E-state index in [2.05, 4.69) is 110 Å². The van der Waals surface area contributed by atoms with E-state index in [0.717, 1.165) is 35.5 Å². The summed E-state index contributed by atoms with van der Waals surface area (Å²) in [4.78, 5) is 0. The van der Waals surface area contributed by atoms with Crippen LogP contribution in [0.5, 0.6) is 5.75 Å². The van der Waals surface area contributed by atoms with Crippen LogP contribution >= 0.6 is 22.6 Å². The summed E-state index contributed by atoms with van der Waals surface area (Å²) in [5.41, 5.74) is 5.72. The molecule has 1 N–H and O–H groups in total. The van der Waals surface area contributed by atoms with Gasteiger partial charge in [-0.05, 0) is 105 Å².